The quantitative estimate of drug-likeness (QED) is 0.735. The lowest BCUT2D eigenvalue weighted by Gasteiger charge is -2.38. The number of alkyl halides is 1. The highest BCUT2D eigenvalue weighted by molar-refractivity contribution is 5.74. The summed E-state index contributed by atoms with van der Waals surface area (Å²) in [5.74, 6) is -0.597. The second-order valence-corrected chi connectivity index (χ2v) is 4.80. The van der Waals surface area contributed by atoms with Crippen LogP contribution in [0.15, 0.2) is 23.2 Å². The minimum Gasteiger partial charge on any atom is -0.462 e. The molecule has 7 heteroatoms. The van der Waals surface area contributed by atoms with Crippen molar-refractivity contribution >= 4 is 11.7 Å². The van der Waals surface area contributed by atoms with Gasteiger partial charge in [-0.3, -0.25) is 0 Å². The Hall–Kier alpha value is -1.89. The van der Waals surface area contributed by atoms with E-state index in [0.717, 1.165) is 0 Å². The smallest absolute Gasteiger partial charge is 0.283 e. The van der Waals surface area contributed by atoms with E-state index >= 15 is 0 Å². The molecule has 102 valence electrons. The highest BCUT2D eigenvalue weighted by Gasteiger charge is 2.62. The molecule has 0 radical (unpaired) electrons. The van der Waals surface area contributed by atoms with Crippen LogP contribution in [0.25, 0.3) is 0 Å². The van der Waals surface area contributed by atoms with Crippen molar-refractivity contribution in [2.45, 2.75) is 11.2 Å². The topological polar surface area (TPSA) is 82.9 Å². The van der Waals surface area contributed by atoms with Crippen LogP contribution in [0.1, 0.15) is 5.56 Å². The van der Waals surface area contributed by atoms with Crippen LogP contribution in [0.2, 0.25) is 0 Å². The molecule has 0 saturated carbocycles. The predicted octanol–water partition coefficient (Wildman–Crippen LogP) is 0.687. The maximum Gasteiger partial charge on any atom is 0.283 e. The number of anilines is 1. The number of fused-ring (bicyclic) bond motifs is 1. The molecule has 0 unspecified atom stereocenters. The van der Waals surface area contributed by atoms with Gasteiger partial charge in [0.15, 0.2) is 11.2 Å². The van der Waals surface area contributed by atoms with E-state index in [1.54, 1.807) is 0 Å². The van der Waals surface area contributed by atoms with E-state index in [1.807, 2.05) is 0 Å². The molecule has 1 aromatic carbocycles. The molecule has 2 aliphatic heterocycles. The van der Waals surface area contributed by atoms with Crippen molar-refractivity contribution in [2.75, 3.05) is 25.6 Å². The number of ether oxygens (including phenoxy) is 2. The van der Waals surface area contributed by atoms with Crippen molar-refractivity contribution in [1.82, 2.24) is 0 Å². The van der Waals surface area contributed by atoms with Gasteiger partial charge in [-0.15, -0.1) is 0 Å². The van der Waals surface area contributed by atoms with Gasteiger partial charge >= 0.3 is 0 Å². The van der Waals surface area contributed by atoms with Crippen LogP contribution in [0.3, 0.4) is 0 Å². The summed E-state index contributed by atoms with van der Waals surface area (Å²) in [6.07, 6.45) is 0. The Bertz CT molecular complexity index is 566. The first-order chi connectivity index (χ1) is 8.97. The van der Waals surface area contributed by atoms with Gasteiger partial charge in [-0.2, -0.15) is 0 Å². The van der Waals surface area contributed by atoms with Crippen LogP contribution < -0.4 is 11.5 Å². The van der Waals surface area contributed by atoms with E-state index in [4.69, 9.17) is 20.9 Å². The molecule has 19 heavy (non-hydrogen) atoms. The molecule has 2 aliphatic rings. The summed E-state index contributed by atoms with van der Waals surface area (Å²) in [6, 6.07) is 3.76. The molecule has 1 saturated heterocycles. The average Bonchev–Trinajstić information content (AvgIpc) is 2.70. The minimum atomic E-state index is -1.95. The molecule has 2 heterocycles. The number of hydrogen-bond acceptors (Lipinski definition) is 5. The Morgan fingerprint density at radius 1 is 1.21 bits per heavy atom. The van der Waals surface area contributed by atoms with E-state index in [1.165, 1.54) is 18.2 Å². The second kappa shape index (κ2) is 3.80. The molecule has 5 nitrogen and oxygen atoms in total. The van der Waals surface area contributed by atoms with E-state index in [9.17, 15) is 8.78 Å². The Morgan fingerprint density at radius 2 is 2.00 bits per heavy atom. The van der Waals surface area contributed by atoms with Gasteiger partial charge in [0.2, 0.25) is 0 Å². The first-order valence-corrected chi connectivity index (χ1v) is 5.77. The number of benzene rings is 1. The second-order valence-electron chi connectivity index (χ2n) is 4.80. The van der Waals surface area contributed by atoms with Gasteiger partial charge in [-0.1, -0.05) is 0 Å². The van der Waals surface area contributed by atoms with Crippen molar-refractivity contribution in [2.24, 2.45) is 10.7 Å². The van der Waals surface area contributed by atoms with Crippen molar-refractivity contribution in [3.63, 3.8) is 0 Å². The van der Waals surface area contributed by atoms with Gasteiger partial charge in [0.1, 0.15) is 12.4 Å². The van der Waals surface area contributed by atoms with Crippen LogP contribution in [-0.4, -0.2) is 31.5 Å². The van der Waals surface area contributed by atoms with Gasteiger partial charge < -0.3 is 20.9 Å². The highest BCUT2D eigenvalue weighted by atomic mass is 19.1. The third kappa shape index (κ3) is 1.58. The van der Waals surface area contributed by atoms with Gasteiger partial charge in [-0.25, -0.2) is 13.8 Å². The lowest BCUT2D eigenvalue weighted by molar-refractivity contribution is 0.00905. The van der Waals surface area contributed by atoms with Crippen LogP contribution in [-0.2, 0) is 15.0 Å². The fourth-order valence-corrected chi connectivity index (χ4v) is 2.55. The van der Waals surface area contributed by atoms with Gasteiger partial charge in [-0.05, 0) is 18.2 Å². The van der Waals surface area contributed by atoms with Gasteiger partial charge in [0.05, 0.1) is 13.2 Å². The number of aliphatic imine (C=N–C) groups is 1. The SMILES string of the molecule is NC1=N[C@@]2(c3cc(N)ccc3F)COC[C@@]2(F)CO1. The van der Waals surface area contributed by atoms with Crippen molar-refractivity contribution in [1.29, 1.82) is 0 Å². The summed E-state index contributed by atoms with van der Waals surface area (Å²) >= 11 is 0. The molecule has 0 aliphatic carbocycles. The highest BCUT2D eigenvalue weighted by Crippen LogP contribution is 2.48. The summed E-state index contributed by atoms with van der Waals surface area (Å²) < 4.78 is 39.1. The van der Waals surface area contributed by atoms with Crippen molar-refractivity contribution in [3.8, 4) is 0 Å². The molecule has 2 atom stereocenters. The van der Waals surface area contributed by atoms with Gasteiger partial charge in [0.25, 0.3) is 6.02 Å². The zero-order valence-corrected chi connectivity index (χ0v) is 10.0. The first kappa shape index (κ1) is 12.2. The largest absolute Gasteiger partial charge is 0.462 e. The van der Waals surface area contributed by atoms with E-state index in [-0.39, 0.29) is 31.4 Å². The molecular weight excluding hydrogens is 256 g/mol. The summed E-state index contributed by atoms with van der Waals surface area (Å²) in [5, 5.41) is 0. The zero-order chi connectivity index (χ0) is 13.7. The lowest BCUT2D eigenvalue weighted by Crippen LogP contribution is -2.55. The summed E-state index contributed by atoms with van der Waals surface area (Å²) in [6.45, 7) is -0.650. The third-order valence-corrected chi connectivity index (χ3v) is 3.57. The Labute approximate surface area is 108 Å². The standard InChI is InChI=1S/C12H13F2N3O2/c13-9-2-1-7(15)3-8(9)12-6-18-4-11(12,14)5-19-10(16)17-12/h1-3H,4-6,15H2,(H2,16,17)/t11-,12-/m1/s1. The Morgan fingerprint density at radius 3 is 2.79 bits per heavy atom. The molecule has 4 N–H and O–H groups in total. The molecular formula is C12H13F2N3O2. The third-order valence-electron chi connectivity index (χ3n) is 3.57. The zero-order valence-electron chi connectivity index (χ0n) is 10.0. The summed E-state index contributed by atoms with van der Waals surface area (Å²) in [5.41, 5.74) is 8.04. The van der Waals surface area contributed by atoms with Crippen LogP contribution in [0.5, 0.6) is 0 Å². The number of nitrogen functional groups attached to an aromatic ring is 1. The van der Waals surface area contributed by atoms with Crippen LogP contribution >= 0.6 is 0 Å². The molecule has 0 bridgehead atoms. The molecule has 3 rings (SSSR count). The van der Waals surface area contributed by atoms with Crippen LogP contribution in [0.4, 0.5) is 14.5 Å². The average molecular weight is 269 g/mol. The Kier molecular flexibility index (Phi) is 2.43. The number of nitrogens with zero attached hydrogens (tertiary/aromatic N) is 1. The summed E-state index contributed by atoms with van der Waals surface area (Å²) in [7, 11) is 0. The normalized spacial score (nSPS) is 33.5. The maximum atomic E-state index is 15.0. The maximum absolute atomic E-state index is 15.0. The number of amidine groups is 1. The molecule has 1 fully saturated rings. The molecule has 0 amide bonds. The number of nitrogens with two attached hydrogens (primary N) is 2. The van der Waals surface area contributed by atoms with Gasteiger partial charge in [0, 0.05) is 11.3 Å². The molecule has 0 aromatic heterocycles. The fourth-order valence-electron chi connectivity index (χ4n) is 2.55. The molecule has 1 aromatic rings. The van der Waals surface area contributed by atoms with Crippen LogP contribution in [0, 0.1) is 5.82 Å². The first-order valence-electron chi connectivity index (χ1n) is 5.77. The predicted molar refractivity (Wildman–Crippen MR) is 64.7 cm³/mol. The minimum absolute atomic E-state index is 0.0405. The Balaban J connectivity index is 2.24. The number of rotatable bonds is 1. The van der Waals surface area contributed by atoms with E-state index < -0.39 is 17.0 Å². The van der Waals surface area contributed by atoms with Crippen molar-refractivity contribution < 1.29 is 18.3 Å². The fraction of sp³-hybridized carbons (Fsp3) is 0.417. The number of hydrogen-bond donors (Lipinski definition) is 2. The lowest BCUT2D eigenvalue weighted by atomic mass is 9.78. The van der Waals surface area contributed by atoms with Crippen molar-refractivity contribution in [3.05, 3.63) is 29.6 Å². The van der Waals surface area contributed by atoms with E-state index in [0.29, 0.717) is 5.69 Å². The number of halogens is 2. The molecule has 0 spiro atoms. The van der Waals surface area contributed by atoms with E-state index in [2.05, 4.69) is 4.99 Å². The summed E-state index contributed by atoms with van der Waals surface area (Å²) in [4.78, 5) is 4.00. The monoisotopic (exact) mass is 269 g/mol.